The van der Waals surface area contributed by atoms with Crippen molar-refractivity contribution in [3.05, 3.63) is 53.1 Å². The highest BCUT2D eigenvalue weighted by molar-refractivity contribution is 8.04. The van der Waals surface area contributed by atoms with Crippen LogP contribution in [-0.4, -0.2) is 40.3 Å². The van der Waals surface area contributed by atoms with E-state index in [9.17, 15) is 9.59 Å². The Hall–Kier alpha value is -3.13. The molecule has 7 nitrogen and oxygen atoms in total. The number of Topliss-reactive ketones (excluding diaryl/α,β-unsaturated/α-hetero) is 1. The molecule has 2 aromatic carbocycles. The predicted molar refractivity (Wildman–Crippen MR) is 106 cm³/mol. The average Bonchev–Trinajstić information content (AvgIpc) is 2.75. The SMILES string of the molecule is COC(=O)N1C=C(C(=O)c2cc(OC)c(OC)c(OC)c2)Sc2ccccc21. The van der Waals surface area contributed by atoms with E-state index in [1.165, 1.54) is 51.3 Å². The maximum Gasteiger partial charge on any atom is 0.418 e. The number of hydrogen-bond donors (Lipinski definition) is 0. The van der Waals surface area contributed by atoms with Gasteiger partial charge in [0, 0.05) is 16.7 Å². The summed E-state index contributed by atoms with van der Waals surface area (Å²) >= 11 is 1.28. The number of ether oxygens (including phenoxy) is 4. The highest BCUT2D eigenvalue weighted by atomic mass is 32.2. The minimum Gasteiger partial charge on any atom is -0.493 e. The maximum absolute atomic E-state index is 13.2. The second kappa shape index (κ2) is 8.26. The fourth-order valence-corrected chi connectivity index (χ4v) is 3.81. The number of amides is 1. The quantitative estimate of drug-likeness (QED) is 0.698. The Balaban J connectivity index is 2.05. The van der Waals surface area contributed by atoms with Crippen molar-refractivity contribution >= 4 is 29.3 Å². The lowest BCUT2D eigenvalue weighted by Crippen LogP contribution is -2.28. The van der Waals surface area contributed by atoms with Crippen molar-refractivity contribution in [2.45, 2.75) is 4.90 Å². The molecule has 0 spiro atoms. The van der Waals surface area contributed by atoms with Gasteiger partial charge >= 0.3 is 6.09 Å². The van der Waals surface area contributed by atoms with Crippen molar-refractivity contribution in [1.29, 1.82) is 0 Å². The number of thioether (sulfide) groups is 1. The van der Waals surface area contributed by atoms with Crippen LogP contribution in [0, 0.1) is 0 Å². The van der Waals surface area contributed by atoms with E-state index in [1.807, 2.05) is 18.2 Å². The van der Waals surface area contributed by atoms with Crippen LogP contribution in [0.1, 0.15) is 10.4 Å². The molecule has 1 heterocycles. The van der Waals surface area contributed by atoms with Crippen molar-refractivity contribution in [3.8, 4) is 17.2 Å². The summed E-state index contributed by atoms with van der Waals surface area (Å²) in [6.07, 6.45) is 0.896. The molecular weight excluding hydrogens is 382 g/mol. The smallest absolute Gasteiger partial charge is 0.418 e. The molecule has 28 heavy (non-hydrogen) atoms. The van der Waals surface area contributed by atoms with Gasteiger partial charge in [-0.1, -0.05) is 23.9 Å². The average molecular weight is 401 g/mol. The van der Waals surface area contributed by atoms with Gasteiger partial charge in [0.05, 0.1) is 39.0 Å². The van der Waals surface area contributed by atoms with E-state index >= 15 is 0 Å². The molecule has 0 bridgehead atoms. The van der Waals surface area contributed by atoms with E-state index in [1.54, 1.807) is 18.2 Å². The van der Waals surface area contributed by atoms with E-state index in [2.05, 4.69) is 0 Å². The van der Waals surface area contributed by atoms with E-state index < -0.39 is 6.09 Å². The summed E-state index contributed by atoms with van der Waals surface area (Å²) in [4.78, 5) is 27.8. The van der Waals surface area contributed by atoms with Crippen LogP contribution >= 0.6 is 11.8 Å². The van der Waals surface area contributed by atoms with E-state index in [4.69, 9.17) is 18.9 Å². The van der Waals surface area contributed by atoms with Crippen LogP contribution in [0.25, 0.3) is 0 Å². The van der Waals surface area contributed by atoms with Gasteiger partial charge in [-0.3, -0.25) is 9.69 Å². The first-order chi connectivity index (χ1) is 13.5. The van der Waals surface area contributed by atoms with Gasteiger partial charge < -0.3 is 18.9 Å². The molecule has 1 aliphatic rings. The van der Waals surface area contributed by atoms with Crippen molar-refractivity contribution < 1.29 is 28.5 Å². The molecule has 0 unspecified atom stereocenters. The zero-order valence-corrected chi connectivity index (χ0v) is 16.7. The Morgan fingerprint density at radius 1 is 0.929 bits per heavy atom. The van der Waals surface area contributed by atoms with Gasteiger partial charge in [0.15, 0.2) is 11.5 Å². The molecule has 0 fully saturated rings. The Kier molecular flexibility index (Phi) is 5.79. The van der Waals surface area contributed by atoms with Crippen LogP contribution < -0.4 is 19.1 Å². The summed E-state index contributed by atoms with van der Waals surface area (Å²) < 4.78 is 20.8. The fraction of sp³-hybridized carbons (Fsp3) is 0.200. The Bertz CT molecular complexity index is 930. The maximum atomic E-state index is 13.2. The molecule has 0 radical (unpaired) electrons. The van der Waals surface area contributed by atoms with Gasteiger partial charge in [0.2, 0.25) is 11.5 Å². The normalized spacial score (nSPS) is 12.6. The van der Waals surface area contributed by atoms with Gasteiger partial charge in [-0.15, -0.1) is 0 Å². The Morgan fingerprint density at radius 3 is 2.14 bits per heavy atom. The number of benzene rings is 2. The largest absolute Gasteiger partial charge is 0.493 e. The van der Waals surface area contributed by atoms with E-state index in [0.717, 1.165) is 4.90 Å². The van der Waals surface area contributed by atoms with E-state index in [0.29, 0.717) is 33.4 Å². The monoisotopic (exact) mass is 401 g/mol. The molecular formula is C20H19NO6S. The van der Waals surface area contributed by atoms with Crippen molar-refractivity contribution in [2.24, 2.45) is 0 Å². The van der Waals surface area contributed by atoms with Crippen molar-refractivity contribution in [1.82, 2.24) is 0 Å². The number of hydrogen-bond acceptors (Lipinski definition) is 7. The van der Waals surface area contributed by atoms with Crippen LogP contribution in [0.5, 0.6) is 17.2 Å². The van der Waals surface area contributed by atoms with E-state index in [-0.39, 0.29) is 5.78 Å². The first-order valence-electron chi connectivity index (χ1n) is 8.24. The molecule has 3 rings (SSSR count). The van der Waals surface area contributed by atoms with Crippen LogP contribution in [-0.2, 0) is 4.74 Å². The van der Waals surface area contributed by atoms with Crippen LogP contribution in [0.4, 0.5) is 10.5 Å². The molecule has 0 aliphatic carbocycles. The number of para-hydroxylation sites is 1. The highest BCUT2D eigenvalue weighted by Crippen LogP contribution is 2.43. The first kappa shape index (κ1) is 19.6. The number of fused-ring (bicyclic) bond motifs is 1. The summed E-state index contributed by atoms with van der Waals surface area (Å²) in [5.74, 6) is 0.856. The van der Waals surface area contributed by atoms with Gasteiger partial charge in [-0.25, -0.2) is 4.79 Å². The molecule has 0 atom stereocenters. The van der Waals surface area contributed by atoms with Gasteiger partial charge in [0.25, 0.3) is 0 Å². The first-order valence-corrected chi connectivity index (χ1v) is 9.06. The third-order valence-corrected chi connectivity index (χ3v) is 5.19. The number of carbonyl (C=O) groups excluding carboxylic acids is 2. The molecule has 8 heteroatoms. The minimum atomic E-state index is -0.581. The number of methoxy groups -OCH3 is 4. The summed E-state index contributed by atoms with van der Waals surface area (Å²) in [7, 11) is 5.75. The fourth-order valence-electron chi connectivity index (χ4n) is 2.78. The molecule has 1 amide bonds. The minimum absolute atomic E-state index is 0.285. The summed E-state index contributed by atoms with van der Waals surface area (Å²) in [5, 5.41) is 0. The zero-order chi connectivity index (χ0) is 20.3. The second-order valence-electron chi connectivity index (χ2n) is 5.65. The molecule has 0 N–H and O–H groups in total. The summed E-state index contributed by atoms with van der Waals surface area (Å²) in [5.41, 5.74) is 0.998. The second-order valence-corrected chi connectivity index (χ2v) is 6.73. The van der Waals surface area contributed by atoms with Gasteiger partial charge in [-0.05, 0) is 24.3 Å². The molecule has 0 saturated heterocycles. The zero-order valence-electron chi connectivity index (χ0n) is 15.8. The van der Waals surface area contributed by atoms with Crippen LogP contribution in [0.15, 0.2) is 52.4 Å². The third kappa shape index (κ3) is 3.50. The van der Waals surface area contributed by atoms with Crippen molar-refractivity contribution in [3.63, 3.8) is 0 Å². The predicted octanol–water partition coefficient (Wildman–Crippen LogP) is 4.12. The van der Waals surface area contributed by atoms with Crippen LogP contribution in [0.3, 0.4) is 0 Å². The van der Waals surface area contributed by atoms with Crippen molar-refractivity contribution in [2.75, 3.05) is 33.3 Å². The topological polar surface area (TPSA) is 74.3 Å². The number of allylic oxidation sites excluding steroid dienone is 1. The molecule has 0 saturated carbocycles. The number of ketones is 1. The molecule has 0 aromatic heterocycles. The summed E-state index contributed by atoms with van der Waals surface area (Å²) in [6, 6.07) is 10.4. The standard InChI is InChI=1S/C20H19NO6S/c1-24-14-9-12(10-15(25-2)19(14)26-3)18(22)17-11-21(20(23)27-4)13-7-5-6-8-16(13)28-17/h5-11H,1-4H3. The van der Waals surface area contributed by atoms with Crippen LogP contribution in [0.2, 0.25) is 0 Å². The van der Waals surface area contributed by atoms with Gasteiger partial charge in [-0.2, -0.15) is 0 Å². The number of nitrogens with zero attached hydrogens (tertiary/aromatic N) is 1. The summed E-state index contributed by atoms with van der Waals surface area (Å²) in [6.45, 7) is 0. The number of rotatable bonds is 5. The third-order valence-electron chi connectivity index (χ3n) is 4.11. The van der Waals surface area contributed by atoms with Gasteiger partial charge in [0.1, 0.15) is 0 Å². The lowest BCUT2D eigenvalue weighted by Gasteiger charge is -2.25. The number of anilines is 1. The highest BCUT2D eigenvalue weighted by Gasteiger charge is 2.28. The number of carbonyl (C=O) groups is 2. The lowest BCUT2D eigenvalue weighted by atomic mass is 10.1. The molecule has 2 aromatic rings. The Labute approximate surface area is 166 Å². The molecule has 146 valence electrons. The Morgan fingerprint density at radius 2 is 1.57 bits per heavy atom. The lowest BCUT2D eigenvalue weighted by molar-refractivity contribution is 0.104. The molecule has 1 aliphatic heterocycles.